The van der Waals surface area contributed by atoms with Gasteiger partial charge in [0.15, 0.2) is 26.5 Å². The highest BCUT2D eigenvalue weighted by Crippen LogP contribution is 2.50. The van der Waals surface area contributed by atoms with Crippen molar-refractivity contribution < 1.29 is 14.3 Å². The van der Waals surface area contributed by atoms with Gasteiger partial charge in [-0.05, 0) is 106 Å². The molecule has 7 rings (SSSR count). The third kappa shape index (κ3) is 4.59. The first kappa shape index (κ1) is 25.7. The molecule has 0 radical (unpaired) electrons. The van der Waals surface area contributed by atoms with Crippen LogP contribution in [0.4, 0.5) is 0 Å². The lowest BCUT2D eigenvalue weighted by Crippen LogP contribution is -2.33. The van der Waals surface area contributed by atoms with Crippen molar-refractivity contribution in [2.45, 2.75) is 70.8 Å². The molecule has 1 heterocycles. The highest BCUT2D eigenvalue weighted by atomic mass is 32.2. The van der Waals surface area contributed by atoms with Crippen molar-refractivity contribution in [3.05, 3.63) is 71.8 Å². The lowest BCUT2D eigenvalue weighted by molar-refractivity contribution is -0.156. The van der Waals surface area contributed by atoms with Gasteiger partial charge in [0.2, 0.25) is 0 Å². The van der Waals surface area contributed by atoms with Crippen LogP contribution in [-0.2, 0) is 9.53 Å². The first-order valence-electron chi connectivity index (χ1n) is 14.9. The number of carbonyl (C=O) groups is 1. The van der Waals surface area contributed by atoms with Crippen LogP contribution >= 0.6 is 10.5 Å². The molecule has 2 bridgehead atoms. The number of benzene rings is 3. The van der Waals surface area contributed by atoms with Crippen LogP contribution in [0.25, 0.3) is 25.1 Å². The van der Waals surface area contributed by atoms with Crippen LogP contribution in [-0.4, -0.2) is 18.2 Å². The second-order valence-corrected chi connectivity index (χ2v) is 14.2. The molecule has 3 nitrogen and oxygen atoms in total. The van der Waals surface area contributed by atoms with Gasteiger partial charge < -0.3 is 9.47 Å². The number of aryl methyl sites for hydroxylation is 2. The SMILES string of the molecule is Cc1cc(-[s+]2c3ccccc3c3ccccc32)cc(C)c1OCC(=O)OC1(C#CC2CC3CCC2C3)CCCC1. The maximum absolute atomic E-state index is 13.1. The fourth-order valence-electron chi connectivity index (χ4n) is 7.59. The summed E-state index contributed by atoms with van der Waals surface area (Å²) in [5.74, 6) is 9.64. The molecule has 3 aliphatic rings. The van der Waals surface area contributed by atoms with Crippen molar-refractivity contribution in [2.75, 3.05) is 6.61 Å². The van der Waals surface area contributed by atoms with Crippen LogP contribution in [0.5, 0.6) is 5.75 Å². The second kappa shape index (κ2) is 10.3. The summed E-state index contributed by atoms with van der Waals surface area (Å²) in [6, 6.07) is 21.9. The molecule has 0 amide bonds. The molecule has 3 atom stereocenters. The van der Waals surface area contributed by atoms with Crippen molar-refractivity contribution >= 4 is 36.6 Å². The molecule has 4 aromatic rings. The molecule has 3 unspecified atom stereocenters. The van der Waals surface area contributed by atoms with Gasteiger partial charge in [-0.2, -0.15) is 0 Å². The van der Waals surface area contributed by atoms with Crippen LogP contribution in [0.3, 0.4) is 0 Å². The van der Waals surface area contributed by atoms with Gasteiger partial charge in [-0.25, -0.2) is 4.79 Å². The van der Waals surface area contributed by atoms with Gasteiger partial charge in [-0.3, -0.25) is 0 Å². The number of fused-ring (bicyclic) bond motifs is 5. The third-order valence-corrected chi connectivity index (χ3v) is 11.8. The summed E-state index contributed by atoms with van der Waals surface area (Å²) < 4.78 is 15.0. The summed E-state index contributed by atoms with van der Waals surface area (Å²) in [4.78, 5) is 14.3. The Bertz CT molecular complexity index is 1590. The van der Waals surface area contributed by atoms with Crippen molar-refractivity contribution in [1.82, 2.24) is 0 Å². The van der Waals surface area contributed by atoms with E-state index in [0.29, 0.717) is 5.92 Å². The molecule has 1 aromatic heterocycles. The van der Waals surface area contributed by atoms with E-state index in [0.717, 1.165) is 54.4 Å². The number of rotatable bonds is 5. The van der Waals surface area contributed by atoms with Crippen LogP contribution in [0, 0.1) is 43.4 Å². The lowest BCUT2D eigenvalue weighted by Gasteiger charge is -2.24. The lowest BCUT2D eigenvalue weighted by atomic mass is 9.88. The minimum Gasteiger partial charge on any atom is -0.481 e. The van der Waals surface area contributed by atoms with Gasteiger partial charge in [-0.1, -0.05) is 42.5 Å². The maximum Gasteiger partial charge on any atom is 0.345 e. The minimum absolute atomic E-state index is 0.0873. The average Bonchev–Trinajstić information content (AvgIpc) is 3.75. The standard InChI is InChI=1S/C36H37O3S/c1-24-19-29(40-32-11-5-3-9-30(32)31-10-4-6-12-33(31)40)20-25(2)35(24)38-23-34(37)39-36(16-7-8-17-36)18-15-28-22-26-13-14-27(28)21-26/h3-6,9-12,19-20,26-28H,7-8,13-14,16-17,21-23H2,1-2H3/q+1. The van der Waals surface area contributed by atoms with Gasteiger partial charge in [0.1, 0.15) is 5.75 Å². The monoisotopic (exact) mass is 549 g/mol. The van der Waals surface area contributed by atoms with E-state index in [-0.39, 0.29) is 23.0 Å². The van der Waals surface area contributed by atoms with Crippen LogP contribution in [0.2, 0.25) is 0 Å². The van der Waals surface area contributed by atoms with Crippen molar-refractivity contribution in [3.8, 4) is 22.5 Å². The average molecular weight is 550 g/mol. The van der Waals surface area contributed by atoms with Crippen molar-refractivity contribution in [2.24, 2.45) is 17.8 Å². The summed E-state index contributed by atoms with van der Waals surface area (Å²) in [6.07, 6.45) is 9.08. The molecule has 3 fully saturated rings. The highest BCUT2D eigenvalue weighted by Gasteiger charge is 2.40. The van der Waals surface area contributed by atoms with Crippen LogP contribution in [0.15, 0.2) is 60.7 Å². The minimum atomic E-state index is -0.624. The summed E-state index contributed by atoms with van der Waals surface area (Å²) in [5.41, 5.74) is 1.47. The number of carbonyl (C=O) groups excluding carboxylic acids is 1. The Morgan fingerprint density at radius 3 is 2.17 bits per heavy atom. The molecule has 0 aliphatic heterocycles. The van der Waals surface area contributed by atoms with Gasteiger partial charge in [0.05, 0.1) is 0 Å². The van der Waals surface area contributed by atoms with Crippen molar-refractivity contribution in [3.63, 3.8) is 0 Å². The Kier molecular flexibility index (Phi) is 6.59. The Hall–Kier alpha value is -3.29. The second-order valence-electron chi connectivity index (χ2n) is 12.2. The van der Waals surface area contributed by atoms with E-state index in [1.165, 1.54) is 50.8 Å². The van der Waals surface area contributed by atoms with E-state index in [4.69, 9.17) is 9.47 Å². The zero-order valence-corrected chi connectivity index (χ0v) is 24.3. The van der Waals surface area contributed by atoms with Crippen molar-refractivity contribution in [1.29, 1.82) is 0 Å². The molecular weight excluding hydrogens is 512 g/mol. The predicted molar refractivity (Wildman–Crippen MR) is 164 cm³/mol. The molecular formula is C36H37O3S+. The van der Waals surface area contributed by atoms with Gasteiger partial charge >= 0.3 is 5.97 Å². The van der Waals surface area contributed by atoms with E-state index in [1.54, 1.807) is 0 Å². The molecule has 3 aromatic carbocycles. The van der Waals surface area contributed by atoms with E-state index < -0.39 is 5.60 Å². The Morgan fingerprint density at radius 1 is 0.925 bits per heavy atom. The van der Waals surface area contributed by atoms with Gasteiger partial charge in [0.25, 0.3) is 0 Å². The van der Waals surface area contributed by atoms with E-state index in [9.17, 15) is 4.79 Å². The summed E-state index contributed by atoms with van der Waals surface area (Å²) in [6.45, 7) is 4.07. The summed E-state index contributed by atoms with van der Waals surface area (Å²) in [5, 5.41) is 2.65. The normalized spacial score (nSPS) is 22.9. The van der Waals surface area contributed by atoms with Gasteiger partial charge in [0, 0.05) is 39.3 Å². The predicted octanol–water partition coefficient (Wildman–Crippen LogP) is 9.02. The number of thiophene rings is 1. The molecule has 204 valence electrons. The Balaban J connectivity index is 1.09. The maximum atomic E-state index is 13.1. The van der Waals surface area contributed by atoms with Crippen LogP contribution < -0.4 is 4.74 Å². The summed E-state index contributed by atoms with van der Waals surface area (Å²) >= 11 is 0. The number of ether oxygens (including phenoxy) is 2. The first-order valence-corrected chi connectivity index (χ1v) is 16.1. The summed E-state index contributed by atoms with van der Waals surface area (Å²) in [7, 11) is -0.158. The smallest absolute Gasteiger partial charge is 0.345 e. The molecule has 40 heavy (non-hydrogen) atoms. The zero-order chi connectivity index (χ0) is 27.3. The fraction of sp³-hybridized carbons (Fsp3) is 0.417. The topological polar surface area (TPSA) is 35.5 Å². The fourth-order valence-corrected chi connectivity index (χ4v) is 10.1. The zero-order valence-electron chi connectivity index (χ0n) is 23.5. The number of esters is 1. The van der Waals surface area contributed by atoms with E-state index >= 15 is 0 Å². The molecule has 0 N–H and O–H groups in total. The first-order chi connectivity index (χ1) is 19.5. The molecule has 3 aliphatic carbocycles. The Morgan fingerprint density at radius 2 is 1.57 bits per heavy atom. The van der Waals surface area contributed by atoms with Gasteiger partial charge in [-0.15, -0.1) is 0 Å². The molecule has 0 spiro atoms. The third-order valence-electron chi connectivity index (χ3n) is 9.45. The molecule has 0 saturated heterocycles. The van der Waals surface area contributed by atoms with E-state index in [1.807, 2.05) is 0 Å². The number of hydrogen-bond donors (Lipinski definition) is 0. The Labute approximate surface area is 239 Å². The van der Waals surface area contributed by atoms with E-state index in [2.05, 4.69) is 86.4 Å². The highest BCUT2D eigenvalue weighted by molar-refractivity contribution is 7.50. The molecule has 4 heteroatoms. The molecule has 3 saturated carbocycles. The number of hydrogen-bond acceptors (Lipinski definition) is 3. The largest absolute Gasteiger partial charge is 0.481 e. The van der Waals surface area contributed by atoms with Crippen LogP contribution in [0.1, 0.15) is 62.5 Å². The quantitative estimate of drug-likeness (QED) is 0.142.